The highest BCUT2D eigenvalue weighted by atomic mass is 32.2. The molecule has 4 rings (SSSR count). The van der Waals surface area contributed by atoms with Crippen molar-refractivity contribution in [2.45, 2.75) is 49.2 Å². The molecule has 140 valence electrons. The van der Waals surface area contributed by atoms with Gasteiger partial charge in [-0.15, -0.1) is 11.8 Å². The second-order valence-electron chi connectivity index (χ2n) is 7.49. The van der Waals surface area contributed by atoms with Crippen LogP contribution < -0.4 is 10.2 Å². The number of para-hydroxylation sites is 1. The summed E-state index contributed by atoms with van der Waals surface area (Å²) in [4.78, 5) is 28.4. The van der Waals surface area contributed by atoms with Crippen LogP contribution in [0.1, 0.15) is 43.7 Å². The normalized spacial score (nSPS) is 18.7. The van der Waals surface area contributed by atoms with Gasteiger partial charge in [0, 0.05) is 23.5 Å². The van der Waals surface area contributed by atoms with E-state index in [-0.39, 0.29) is 23.5 Å². The molecule has 0 aliphatic carbocycles. The highest BCUT2D eigenvalue weighted by Gasteiger charge is 2.32. The summed E-state index contributed by atoms with van der Waals surface area (Å²) in [5, 5.41) is 2.55. The Morgan fingerprint density at radius 3 is 2.89 bits per heavy atom. The van der Waals surface area contributed by atoms with Gasteiger partial charge in [0.1, 0.15) is 0 Å². The summed E-state index contributed by atoms with van der Waals surface area (Å²) >= 11 is 1.49. The van der Waals surface area contributed by atoms with Crippen molar-refractivity contribution in [3.63, 3.8) is 0 Å². The third-order valence-corrected chi connectivity index (χ3v) is 6.53. The number of thioether (sulfide) groups is 1. The van der Waals surface area contributed by atoms with E-state index in [4.69, 9.17) is 0 Å². The molecule has 2 aromatic rings. The Morgan fingerprint density at radius 2 is 2.07 bits per heavy atom. The van der Waals surface area contributed by atoms with Crippen molar-refractivity contribution in [1.29, 1.82) is 0 Å². The molecule has 0 aromatic heterocycles. The lowest BCUT2D eigenvalue weighted by Crippen LogP contribution is -2.40. The van der Waals surface area contributed by atoms with Gasteiger partial charge in [-0.2, -0.15) is 0 Å². The highest BCUT2D eigenvalue weighted by Crippen LogP contribution is 2.38. The lowest BCUT2D eigenvalue weighted by molar-refractivity contribution is -0.122. The molecule has 0 saturated heterocycles. The Labute approximate surface area is 164 Å². The highest BCUT2D eigenvalue weighted by molar-refractivity contribution is 8.01. The molecule has 4 nitrogen and oxygen atoms in total. The first-order chi connectivity index (χ1) is 13.0. The van der Waals surface area contributed by atoms with E-state index in [1.54, 1.807) is 0 Å². The van der Waals surface area contributed by atoms with Crippen LogP contribution in [-0.4, -0.2) is 23.6 Å². The lowest BCUT2D eigenvalue weighted by Gasteiger charge is -2.32. The summed E-state index contributed by atoms with van der Waals surface area (Å²) in [6.07, 6.45) is 2.19. The zero-order chi connectivity index (χ0) is 19.0. The van der Waals surface area contributed by atoms with E-state index in [9.17, 15) is 9.59 Å². The molecule has 0 bridgehead atoms. The molecule has 0 spiro atoms. The number of nitrogens with one attached hydrogen (secondary N) is 1. The summed E-state index contributed by atoms with van der Waals surface area (Å²) in [7, 11) is 0. The van der Waals surface area contributed by atoms with Crippen LogP contribution >= 0.6 is 11.8 Å². The van der Waals surface area contributed by atoms with Crippen LogP contribution in [0, 0.1) is 0 Å². The van der Waals surface area contributed by atoms with E-state index in [1.165, 1.54) is 22.9 Å². The van der Waals surface area contributed by atoms with Gasteiger partial charge in [-0.25, -0.2) is 0 Å². The van der Waals surface area contributed by atoms with Crippen LogP contribution in [0.15, 0.2) is 47.4 Å². The summed E-state index contributed by atoms with van der Waals surface area (Å²) in [6.45, 7) is 5.09. The predicted molar refractivity (Wildman–Crippen MR) is 111 cm³/mol. The monoisotopic (exact) mass is 380 g/mol. The largest absolute Gasteiger partial charge is 0.324 e. The summed E-state index contributed by atoms with van der Waals surface area (Å²) in [6, 6.07) is 14.2. The number of anilines is 2. The molecule has 2 aromatic carbocycles. The number of benzene rings is 2. The van der Waals surface area contributed by atoms with Gasteiger partial charge in [-0.1, -0.05) is 38.1 Å². The minimum atomic E-state index is -0.382. The number of hydrogen-bond donors (Lipinski definition) is 1. The molecule has 1 N–H and O–H groups in total. The quantitative estimate of drug-likeness (QED) is 0.847. The van der Waals surface area contributed by atoms with E-state index >= 15 is 0 Å². The predicted octanol–water partition coefficient (Wildman–Crippen LogP) is 4.59. The molecule has 5 heteroatoms. The Kier molecular flexibility index (Phi) is 4.96. The molecule has 0 fully saturated rings. The lowest BCUT2D eigenvalue weighted by atomic mass is 9.94. The zero-order valence-corrected chi connectivity index (χ0v) is 16.5. The van der Waals surface area contributed by atoms with E-state index in [0.29, 0.717) is 5.92 Å². The van der Waals surface area contributed by atoms with Crippen LogP contribution in [0.3, 0.4) is 0 Å². The van der Waals surface area contributed by atoms with Crippen LogP contribution in [0.2, 0.25) is 0 Å². The molecule has 2 aliphatic rings. The van der Waals surface area contributed by atoms with Crippen molar-refractivity contribution in [3.05, 3.63) is 53.6 Å². The fraction of sp³-hybridized carbons (Fsp3) is 0.364. The van der Waals surface area contributed by atoms with Gasteiger partial charge >= 0.3 is 0 Å². The maximum Gasteiger partial charge on any atom is 0.238 e. The average molecular weight is 381 g/mol. The Hall–Kier alpha value is -2.27. The first kappa shape index (κ1) is 18.1. The van der Waals surface area contributed by atoms with Gasteiger partial charge < -0.3 is 10.2 Å². The molecular weight excluding hydrogens is 356 g/mol. The van der Waals surface area contributed by atoms with Crippen LogP contribution in [0.4, 0.5) is 11.4 Å². The van der Waals surface area contributed by atoms with E-state index in [2.05, 4.69) is 37.4 Å². The maximum absolute atomic E-state index is 13.0. The first-order valence-corrected chi connectivity index (χ1v) is 10.4. The molecule has 0 saturated carbocycles. The van der Waals surface area contributed by atoms with Crippen LogP contribution in [-0.2, 0) is 16.0 Å². The Balaban J connectivity index is 1.52. The molecule has 2 aliphatic heterocycles. The van der Waals surface area contributed by atoms with Crippen LogP contribution in [0.5, 0.6) is 0 Å². The van der Waals surface area contributed by atoms with Crippen molar-refractivity contribution in [1.82, 2.24) is 0 Å². The fourth-order valence-electron chi connectivity index (χ4n) is 3.73. The first-order valence-electron chi connectivity index (χ1n) is 9.52. The zero-order valence-electron chi connectivity index (χ0n) is 15.7. The summed E-state index contributed by atoms with van der Waals surface area (Å²) in [5.74, 6) is 0.420. The fourth-order valence-corrected chi connectivity index (χ4v) is 4.83. The van der Waals surface area contributed by atoms with E-state index in [1.807, 2.05) is 29.2 Å². The summed E-state index contributed by atoms with van der Waals surface area (Å²) < 4.78 is 0. The van der Waals surface area contributed by atoms with Crippen molar-refractivity contribution in [2.75, 3.05) is 16.8 Å². The van der Waals surface area contributed by atoms with Crippen molar-refractivity contribution in [3.8, 4) is 0 Å². The summed E-state index contributed by atoms with van der Waals surface area (Å²) in [5.41, 5.74) is 4.40. The van der Waals surface area contributed by atoms with Gasteiger partial charge in [0.25, 0.3) is 0 Å². The molecule has 2 amide bonds. The van der Waals surface area contributed by atoms with Crippen molar-refractivity contribution in [2.24, 2.45) is 0 Å². The number of carbonyl (C=O) groups is 2. The van der Waals surface area contributed by atoms with E-state index in [0.717, 1.165) is 35.7 Å². The van der Waals surface area contributed by atoms with Crippen molar-refractivity contribution >= 4 is 35.0 Å². The minimum Gasteiger partial charge on any atom is -0.324 e. The number of carbonyl (C=O) groups excluding carboxylic acids is 2. The Bertz CT molecular complexity index is 894. The number of hydrogen-bond acceptors (Lipinski definition) is 3. The second kappa shape index (κ2) is 7.39. The number of fused-ring (bicyclic) bond motifs is 2. The van der Waals surface area contributed by atoms with Crippen molar-refractivity contribution < 1.29 is 9.59 Å². The second-order valence-corrected chi connectivity index (χ2v) is 8.73. The smallest absolute Gasteiger partial charge is 0.238 e. The van der Waals surface area contributed by atoms with Gasteiger partial charge in [0.2, 0.25) is 11.8 Å². The molecule has 27 heavy (non-hydrogen) atoms. The minimum absolute atomic E-state index is 0.0280. The number of aryl methyl sites for hydroxylation is 1. The SMILES string of the molecule is CC(C)c1ccc2c(c1)CCCN2C(=O)CC1Sc2ccccc2NC1=O. The number of nitrogens with zero attached hydrogens (tertiary/aromatic N) is 1. The van der Waals surface area contributed by atoms with Gasteiger partial charge in [0.15, 0.2) is 0 Å². The molecule has 0 radical (unpaired) electrons. The molecule has 2 heterocycles. The molecule has 1 unspecified atom stereocenters. The number of amides is 2. The van der Waals surface area contributed by atoms with Gasteiger partial charge in [-0.05, 0) is 48.1 Å². The standard InChI is InChI=1S/C22H24N2O2S/c1-14(2)15-9-10-18-16(12-15)6-5-11-24(18)21(25)13-20-22(26)23-17-7-3-4-8-19(17)27-20/h3-4,7-10,12,14,20H,5-6,11,13H2,1-2H3,(H,23,26). The van der Waals surface area contributed by atoms with Crippen LogP contribution in [0.25, 0.3) is 0 Å². The van der Waals surface area contributed by atoms with Gasteiger partial charge in [0.05, 0.1) is 10.9 Å². The molecular formula is C22H24N2O2S. The molecule has 1 atom stereocenters. The van der Waals surface area contributed by atoms with E-state index < -0.39 is 0 Å². The Morgan fingerprint density at radius 1 is 1.26 bits per heavy atom. The number of rotatable bonds is 3. The third kappa shape index (κ3) is 3.61. The maximum atomic E-state index is 13.0. The third-order valence-electron chi connectivity index (χ3n) is 5.26. The topological polar surface area (TPSA) is 49.4 Å². The van der Waals surface area contributed by atoms with Gasteiger partial charge in [-0.3, -0.25) is 9.59 Å². The average Bonchev–Trinajstić information content (AvgIpc) is 2.67.